The van der Waals surface area contributed by atoms with E-state index in [2.05, 4.69) is 10.0 Å². The van der Waals surface area contributed by atoms with Gasteiger partial charge in [0.2, 0.25) is 15.9 Å². The SMILES string of the molecule is COc1ccc(S(=O)(=O)N[C@@H](C)C(=O)Nc2ccccc2Cl)cc1C. The lowest BCUT2D eigenvalue weighted by atomic mass is 10.2. The molecule has 2 N–H and O–H groups in total. The van der Waals surface area contributed by atoms with Crippen molar-refractivity contribution in [3.8, 4) is 5.75 Å². The minimum absolute atomic E-state index is 0.0585. The van der Waals surface area contributed by atoms with E-state index in [1.54, 1.807) is 37.3 Å². The molecule has 0 saturated carbocycles. The summed E-state index contributed by atoms with van der Waals surface area (Å²) in [5, 5.41) is 2.97. The van der Waals surface area contributed by atoms with E-state index in [9.17, 15) is 13.2 Å². The topological polar surface area (TPSA) is 84.5 Å². The average Bonchev–Trinajstić information content (AvgIpc) is 2.56. The van der Waals surface area contributed by atoms with Crippen LogP contribution >= 0.6 is 11.6 Å². The van der Waals surface area contributed by atoms with Crippen molar-refractivity contribution < 1.29 is 17.9 Å². The van der Waals surface area contributed by atoms with Crippen LogP contribution in [0.2, 0.25) is 5.02 Å². The molecule has 0 unspecified atom stereocenters. The Labute approximate surface area is 152 Å². The van der Waals surface area contributed by atoms with Gasteiger partial charge in [0.15, 0.2) is 0 Å². The van der Waals surface area contributed by atoms with Crippen LogP contribution in [0.25, 0.3) is 0 Å². The van der Waals surface area contributed by atoms with Crippen molar-refractivity contribution >= 4 is 33.2 Å². The number of carbonyl (C=O) groups excluding carboxylic acids is 1. The maximum Gasteiger partial charge on any atom is 0.242 e. The summed E-state index contributed by atoms with van der Waals surface area (Å²) in [6.45, 7) is 3.20. The monoisotopic (exact) mass is 382 g/mol. The van der Waals surface area contributed by atoms with E-state index in [0.717, 1.165) is 0 Å². The van der Waals surface area contributed by atoms with Gasteiger partial charge in [0.05, 0.1) is 28.8 Å². The first kappa shape index (κ1) is 19.2. The normalized spacial score (nSPS) is 12.5. The van der Waals surface area contributed by atoms with E-state index in [4.69, 9.17) is 16.3 Å². The average molecular weight is 383 g/mol. The molecule has 2 aromatic carbocycles. The van der Waals surface area contributed by atoms with E-state index in [-0.39, 0.29) is 4.90 Å². The third kappa shape index (κ3) is 4.72. The summed E-state index contributed by atoms with van der Waals surface area (Å²) in [7, 11) is -2.34. The number of para-hydroxylation sites is 1. The first-order chi connectivity index (χ1) is 11.7. The maximum atomic E-state index is 12.5. The molecule has 0 radical (unpaired) electrons. The van der Waals surface area contributed by atoms with E-state index in [1.807, 2.05) is 0 Å². The van der Waals surface area contributed by atoms with Gasteiger partial charge in [-0.2, -0.15) is 4.72 Å². The molecule has 2 rings (SSSR count). The van der Waals surface area contributed by atoms with Crippen molar-refractivity contribution in [2.24, 2.45) is 0 Å². The molecule has 2 aromatic rings. The maximum absolute atomic E-state index is 12.5. The lowest BCUT2D eigenvalue weighted by molar-refractivity contribution is -0.117. The highest BCUT2D eigenvalue weighted by molar-refractivity contribution is 7.89. The number of halogens is 1. The number of ether oxygens (including phenoxy) is 1. The highest BCUT2D eigenvalue weighted by Gasteiger charge is 2.23. The molecule has 0 aromatic heterocycles. The van der Waals surface area contributed by atoms with Crippen LogP contribution in [0, 0.1) is 6.92 Å². The Morgan fingerprint density at radius 3 is 2.48 bits per heavy atom. The Balaban J connectivity index is 2.12. The molecule has 0 aliphatic carbocycles. The predicted molar refractivity (Wildman–Crippen MR) is 97.6 cm³/mol. The molecular weight excluding hydrogens is 364 g/mol. The zero-order valence-corrected chi connectivity index (χ0v) is 15.6. The Morgan fingerprint density at radius 2 is 1.88 bits per heavy atom. The molecule has 1 amide bonds. The number of methoxy groups -OCH3 is 1. The molecule has 25 heavy (non-hydrogen) atoms. The largest absolute Gasteiger partial charge is 0.496 e. The third-order valence-electron chi connectivity index (χ3n) is 3.53. The smallest absolute Gasteiger partial charge is 0.242 e. The lowest BCUT2D eigenvalue weighted by Crippen LogP contribution is -2.41. The van der Waals surface area contributed by atoms with Crippen LogP contribution in [0.4, 0.5) is 5.69 Å². The van der Waals surface area contributed by atoms with Gasteiger partial charge in [-0.25, -0.2) is 8.42 Å². The molecule has 0 spiro atoms. The van der Waals surface area contributed by atoms with Crippen molar-refractivity contribution in [2.75, 3.05) is 12.4 Å². The third-order valence-corrected chi connectivity index (χ3v) is 5.40. The minimum atomic E-state index is -3.85. The lowest BCUT2D eigenvalue weighted by Gasteiger charge is -2.15. The number of hydrogen-bond donors (Lipinski definition) is 2. The molecule has 8 heteroatoms. The molecule has 0 aliphatic rings. The molecule has 1 atom stereocenters. The highest BCUT2D eigenvalue weighted by Crippen LogP contribution is 2.22. The number of amides is 1. The summed E-state index contributed by atoms with van der Waals surface area (Å²) in [6, 6.07) is 10.2. The number of nitrogens with one attached hydrogen (secondary N) is 2. The van der Waals surface area contributed by atoms with Crippen LogP contribution in [0.5, 0.6) is 5.75 Å². The molecule has 0 heterocycles. The summed E-state index contributed by atoms with van der Waals surface area (Å²) in [4.78, 5) is 12.3. The zero-order chi connectivity index (χ0) is 18.6. The van der Waals surface area contributed by atoms with Crippen LogP contribution < -0.4 is 14.8 Å². The molecular formula is C17H19ClN2O4S. The van der Waals surface area contributed by atoms with Crippen molar-refractivity contribution in [1.29, 1.82) is 0 Å². The second kappa shape index (κ2) is 7.86. The fraction of sp³-hybridized carbons (Fsp3) is 0.235. The number of aryl methyl sites for hydroxylation is 1. The summed E-state index contributed by atoms with van der Waals surface area (Å²) in [5.74, 6) is 0.0744. The van der Waals surface area contributed by atoms with Crippen LogP contribution in [0.3, 0.4) is 0 Å². The number of sulfonamides is 1. The number of carbonyl (C=O) groups is 1. The molecule has 6 nitrogen and oxygen atoms in total. The van der Waals surface area contributed by atoms with E-state index in [1.165, 1.54) is 26.2 Å². The minimum Gasteiger partial charge on any atom is -0.496 e. The van der Waals surface area contributed by atoms with Gasteiger partial charge in [0.1, 0.15) is 5.75 Å². The Morgan fingerprint density at radius 1 is 1.20 bits per heavy atom. The first-order valence-corrected chi connectivity index (χ1v) is 9.33. The molecule has 134 valence electrons. The zero-order valence-electron chi connectivity index (χ0n) is 14.0. The first-order valence-electron chi connectivity index (χ1n) is 7.47. The van der Waals surface area contributed by atoms with Crippen LogP contribution in [0.1, 0.15) is 12.5 Å². The van der Waals surface area contributed by atoms with Gasteiger partial charge in [-0.05, 0) is 49.7 Å². The van der Waals surface area contributed by atoms with Gasteiger partial charge < -0.3 is 10.1 Å². The van der Waals surface area contributed by atoms with Gasteiger partial charge >= 0.3 is 0 Å². The van der Waals surface area contributed by atoms with Crippen molar-refractivity contribution in [1.82, 2.24) is 4.72 Å². The van der Waals surface area contributed by atoms with Gasteiger partial charge in [-0.1, -0.05) is 23.7 Å². The number of anilines is 1. The molecule has 0 aliphatic heterocycles. The fourth-order valence-electron chi connectivity index (χ4n) is 2.18. The van der Waals surface area contributed by atoms with E-state index >= 15 is 0 Å². The quantitative estimate of drug-likeness (QED) is 0.804. The Kier molecular flexibility index (Phi) is 6.05. The fourth-order valence-corrected chi connectivity index (χ4v) is 3.65. The summed E-state index contributed by atoms with van der Waals surface area (Å²) in [6.07, 6.45) is 0. The van der Waals surface area contributed by atoms with Gasteiger partial charge in [0, 0.05) is 0 Å². The summed E-state index contributed by atoms with van der Waals surface area (Å²) >= 11 is 5.98. The van der Waals surface area contributed by atoms with Crippen molar-refractivity contribution in [2.45, 2.75) is 24.8 Å². The van der Waals surface area contributed by atoms with Gasteiger partial charge in [0.25, 0.3) is 0 Å². The summed E-state index contributed by atoms with van der Waals surface area (Å²) in [5.41, 5.74) is 1.10. The number of benzene rings is 2. The number of rotatable bonds is 6. The Hall–Kier alpha value is -2.09. The van der Waals surface area contributed by atoms with E-state index < -0.39 is 22.0 Å². The van der Waals surface area contributed by atoms with Gasteiger partial charge in [-0.3, -0.25) is 4.79 Å². The standard InChI is InChI=1S/C17H19ClN2O4S/c1-11-10-13(8-9-16(11)24-3)25(22,23)20-12(2)17(21)19-15-7-5-4-6-14(15)18/h4-10,12,20H,1-3H3,(H,19,21)/t12-/m0/s1. The van der Waals surface area contributed by atoms with Crippen LogP contribution in [0.15, 0.2) is 47.4 Å². The van der Waals surface area contributed by atoms with Crippen LogP contribution in [-0.2, 0) is 14.8 Å². The molecule has 0 bridgehead atoms. The van der Waals surface area contributed by atoms with Gasteiger partial charge in [-0.15, -0.1) is 0 Å². The second-order valence-electron chi connectivity index (χ2n) is 5.44. The Bertz CT molecular complexity index is 884. The van der Waals surface area contributed by atoms with Crippen molar-refractivity contribution in [3.63, 3.8) is 0 Å². The van der Waals surface area contributed by atoms with Crippen LogP contribution in [-0.4, -0.2) is 27.5 Å². The predicted octanol–water partition coefficient (Wildman–Crippen LogP) is 2.96. The van der Waals surface area contributed by atoms with E-state index in [0.29, 0.717) is 22.0 Å². The number of hydrogen-bond acceptors (Lipinski definition) is 4. The molecule has 0 fully saturated rings. The summed E-state index contributed by atoms with van der Waals surface area (Å²) < 4.78 is 32.4. The highest BCUT2D eigenvalue weighted by atomic mass is 35.5. The molecule has 0 saturated heterocycles. The second-order valence-corrected chi connectivity index (χ2v) is 7.56. The van der Waals surface area contributed by atoms with Crippen molar-refractivity contribution in [3.05, 3.63) is 53.1 Å².